The van der Waals surface area contributed by atoms with Gasteiger partial charge in [0.2, 0.25) is 5.91 Å². The number of amides is 1. The molecule has 2 fully saturated rings. The van der Waals surface area contributed by atoms with Gasteiger partial charge in [0.1, 0.15) is 30.0 Å². The van der Waals surface area contributed by atoms with Crippen molar-refractivity contribution >= 4 is 16.9 Å². The van der Waals surface area contributed by atoms with Gasteiger partial charge in [0, 0.05) is 23.7 Å². The van der Waals surface area contributed by atoms with Crippen molar-refractivity contribution in [2.75, 3.05) is 7.11 Å². The molecule has 0 radical (unpaired) electrons. The quantitative estimate of drug-likeness (QED) is 0.324. The van der Waals surface area contributed by atoms with E-state index in [1.54, 1.807) is 10.6 Å². The number of methoxy groups -OCH3 is 1. The van der Waals surface area contributed by atoms with E-state index in [1.807, 2.05) is 0 Å². The lowest BCUT2D eigenvalue weighted by atomic mass is 9.83. The summed E-state index contributed by atoms with van der Waals surface area (Å²) in [6, 6.07) is 6.06. The number of imidazole rings is 1. The van der Waals surface area contributed by atoms with E-state index in [-0.39, 0.29) is 36.6 Å². The highest BCUT2D eigenvalue weighted by Crippen LogP contribution is 2.37. The molecule has 1 atom stereocenters. The number of benzene rings is 2. The average Bonchev–Trinajstić information content (AvgIpc) is 3.27. The van der Waals surface area contributed by atoms with Gasteiger partial charge < -0.3 is 19.4 Å². The van der Waals surface area contributed by atoms with Crippen LogP contribution in [0.4, 0.5) is 13.2 Å². The van der Waals surface area contributed by atoms with Crippen LogP contribution in [0.3, 0.4) is 0 Å². The van der Waals surface area contributed by atoms with Gasteiger partial charge in [-0.15, -0.1) is 0 Å². The molecule has 2 aliphatic carbocycles. The Morgan fingerprint density at radius 1 is 0.949 bits per heavy atom. The van der Waals surface area contributed by atoms with E-state index in [0.717, 1.165) is 69.9 Å². The predicted octanol–water partition coefficient (Wildman–Crippen LogP) is 6.75. The molecule has 1 N–H and O–H groups in total. The number of halogens is 3. The van der Waals surface area contributed by atoms with E-state index < -0.39 is 23.5 Å². The molecular weight excluding hydrogens is 507 g/mol. The number of aromatic nitrogens is 2. The SMILES string of the molecule is COc1ccc(F)c(COCc2nc3cc(F)c(F)cc3n2C(C(=O)NC2CCCCC2)C2CCCCC2)c1. The molecule has 0 bridgehead atoms. The summed E-state index contributed by atoms with van der Waals surface area (Å²) in [5, 5.41) is 3.26. The lowest BCUT2D eigenvalue weighted by Gasteiger charge is -2.33. The lowest BCUT2D eigenvalue weighted by molar-refractivity contribution is -0.127. The van der Waals surface area contributed by atoms with Gasteiger partial charge >= 0.3 is 0 Å². The Bertz CT molecular complexity index is 1300. The molecule has 1 amide bonds. The van der Waals surface area contributed by atoms with Crippen LogP contribution >= 0.6 is 0 Å². The summed E-state index contributed by atoms with van der Waals surface area (Å²) in [7, 11) is 1.50. The minimum absolute atomic E-state index is 0.0300. The van der Waals surface area contributed by atoms with Crippen LogP contribution in [0, 0.1) is 23.4 Å². The zero-order valence-electron chi connectivity index (χ0n) is 22.4. The summed E-state index contributed by atoms with van der Waals surface area (Å²) in [4.78, 5) is 18.5. The molecule has 2 aromatic carbocycles. The van der Waals surface area contributed by atoms with E-state index in [1.165, 1.54) is 25.7 Å². The third-order valence-electron chi connectivity index (χ3n) is 8.14. The highest BCUT2D eigenvalue weighted by molar-refractivity contribution is 5.85. The third-order valence-corrected chi connectivity index (χ3v) is 8.14. The van der Waals surface area contributed by atoms with Gasteiger partial charge in [0.25, 0.3) is 0 Å². The fourth-order valence-corrected chi connectivity index (χ4v) is 6.12. The molecule has 3 aromatic rings. The van der Waals surface area contributed by atoms with Crippen LogP contribution in [0.2, 0.25) is 0 Å². The number of hydrogen-bond donors (Lipinski definition) is 1. The number of carbonyl (C=O) groups excluding carboxylic acids is 1. The van der Waals surface area contributed by atoms with Gasteiger partial charge in [-0.3, -0.25) is 4.79 Å². The molecule has 0 aliphatic heterocycles. The van der Waals surface area contributed by atoms with Crippen LogP contribution in [-0.4, -0.2) is 28.6 Å². The minimum Gasteiger partial charge on any atom is -0.497 e. The third kappa shape index (κ3) is 6.24. The van der Waals surface area contributed by atoms with Crippen molar-refractivity contribution in [1.29, 1.82) is 0 Å². The van der Waals surface area contributed by atoms with Crippen LogP contribution in [0.15, 0.2) is 30.3 Å². The molecule has 39 heavy (non-hydrogen) atoms. The second kappa shape index (κ2) is 12.4. The normalized spacial score (nSPS) is 17.8. The van der Waals surface area contributed by atoms with E-state index in [0.29, 0.717) is 22.7 Å². The smallest absolute Gasteiger partial charge is 0.243 e. The molecule has 9 heteroatoms. The van der Waals surface area contributed by atoms with Crippen molar-refractivity contribution < 1.29 is 27.4 Å². The van der Waals surface area contributed by atoms with Crippen LogP contribution in [-0.2, 0) is 22.7 Å². The first-order valence-corrected chi connectivity index (χ1v) is 14.0. The monoisotopic (exact) mass is 543 g/mol. The van der Waals surface area contributed by atoms with Crippen molar-refractivity contribution in [3.63, 3.8) is 0 Å². The average molecular weight is 544 g/mol. The molecule has 210 valence electrons. The van der Waals surface area contributed by atoms with E-state index in [9.17, 15) is 18.0 Å². The number of rotatable bonds is 9. The Morgan fingerprint density at radius 2 is 1.64 bits per heavy atom. The molecule has 6 nitrogen and oxygen atoms in total. The molecule has 1 heterocycles. The van der Waals surface area contributed by atoms with Gasteiger partial charge in [-0.05, 0) is 49.8 Å². The lowest BCUT2D eigenvalue weighted by Crippen LogP contribution is -2.43. The van der Waals surface area contributed by atoms with Crippen LogP contribution in [0.5, 0.6) is 5.75 Å². The van der Waals surface area contributed by atoms with Crippen molar-refractivity contribution in [2.45, 2.75) is 89.5 Å². The molecular formula is C30H36F3N3O3. The molecule has 0 spiro atoms. The Labute approximate surface area is 226 Å². The largest absolute Gasteiger partial charge is 0.497 e. The topological polar surface area (TPSA) is 65.4 Å². The van der Waals surface area contributed by atoms with Gasteiger partial charge in [-0.25, -0.2) is 18.2 Å². The number of hydrogen-bond acceptors (Lipinski definition) is 4. The van der Waals surface area contributed by atoms with E-state index in [2.05, 4.69) is 10.3 Å². The van der Waals surface area contributed by atoms with Gasteiger partial charge in [-0.1, -0.05) is 38.5 Å². The van der Waals surface area contributed by atoms with Crippen LogP contribution < -0.4 is 10.1 Å². The van der Waals surface area contributed by atoms with Crippen LogP contribution in [0.25, 0.3) is 11.0 Å². The number of fused-ring (bicyclic) bond motifs is 1. The fourth-order valence-electron chi connectivity index (χ4n) is 6.12. The minimum atomic E-state index is -1.00. The summed E-state index contributed by atoms with van der Waals surface area (Å²) < 4.78 is 55.9. The Balaban J connectivity index is 1.49. The molecule has 2 saturated carbocycles. The van der Waals surface area contributed by atoms with Gasteiger partial charge in [0.15, 0.2) is 11.6 Å². The Kier molecular flexibility index (Phi) is 8.75. The first-order valence-electron chi connectivity index (χ1n) is 14.0. The van der Waals surface area contributed by atoms with Gasteiger partial charge in [0.05, 0.1) is 24.8 Å². The van der Waals surface area contributed by atoms with E-state index >= 15 is 0 Å². The maximum atomic E-state index is 14.5. The fraction of sp³-hybridized carbons (Fsp3) is 0.533. The molecule has 1 unspecified atom stereocenters. The van der Waals surface area contributed by atoms with Gasteiger partial charge in [-0.2, -0.15) is 0 Å². The maximum absolute atomic E-state index is 14.5. The summed E-state index contributed by atoms with van der Waals surface area (Å²) in [5.74, 6) is -1.62. The first kappa shape index (κ1) is 27.5. The number of carbonyl (C=O) groups is 1. The van der Waals surface area contributed by atoms with Crippen molar-refractivity contribution in [3.05, 3.63) is 59.2 Å². The number of nitrogens with zero attached hydrogens (tertiary/aromatic N) is 2. The summed E-state index contributed by atoms with van der Waals surface area (Å²) in [5.41, 5.74) is 0.925. The number of ether oxygens (including phenoxy) is 2. The summed E-state index contributed by atoms with van der Waals surface area (Å²) in [6.45, 7) is -0.119. The number of nitrogens with one attached hydrogen (secondary N) is 1. The van der Waals surface area contributed by atoms with Crippen molar-refractivity contribution in [3.8, 4) is 5.75 Å². The van der Waals surface area contributed by atoms with E-state index in [4.69, 9.17) is 9.47 Å². The first-order chi connectivity index (χ1) is 18.9. The second-order valence-electron chi connectivity index (χ2n) is 10.8. The zero-order valence-corrected chi connectivity index (χ0v) is 22.4. The highest BCUT2D eigenvalue weighted by Gasteiger charge is 2.35. The molecule has 1 aromatic heterocycles. The Morgan fingerprint density at radius 3 is 2.36 bits per heavy atom. The molecule has 0 saturated heterocycles. The molecule has 5 rings (SSSR count). The van der Waals surface area contributed by atoms with Crippen molar-refractivity contribution in [1.82, 2.24) is 14.9 Å². The standard InChI is InChI=1S/C30H36F3N3O3/c1-38-22-12-13-23(31)20(14-22)17-39-18-28-35-26-15-24(32)25(33)16-27(26)36(28)29(19-8-4-2-5-9-19)30(37)34-21-10-6-3-7-11-21/h12-16,19,21,29H,2-11,17-18H2,1H3,(H,34,37). The predicted molar refractivity (Wildman–Crippen MR) is 142 cm³/mol. The van der Waals surface area contributed by atoms with Crippen LogP contribution in [0.1, 0.15) is 81.6 Å². The molecule has 2 aliphatic rings. The summed E-state index contributed by atoms with van der Waals surface area (Å²) >= 11 is 0. The highest BCUT2D eigenvalue weighted by atomic mass is 19.2. The zero-order chi connectivity index (χ0) is 27.4. The maximum Gasteiger partial charge on any atom is 0.243 e. The Hall–Kier alpha value is -3.07. The van der Waals surface area contributed by atoms with Crippen molar-refractivity contribution in [2.24, 2.45) is 5.92 Å². The second-order valence-corrected chi connectivity index (χ2v) is 10.8. The summed E-state index contributed by atoms with van der Waals surface area (Å²) in [6.07, 6.45) is 10.1.